The minimum atomic E-state index is 0.128. The third-order valence-corrected chi connectivity index (χ3v) is 2.34. The van der Waals surface area contributed by atoms with Crippen molar-refractivity contribution in [1.29, 1.82) is 0 Å². The second kappa shape index (κ2) is 4.05. The molecule has 0 aromatic carbocycles. The van der Waals surface area contributed by atoms with Crippen LogP contribution >= 0.6 is 0 Å². The lowest BCUT2D eigenvalue weighted by Gasteiger charge is -1.94. The highest BCUT2D eigenvalue weighted by atomic mass is 16.1. The van der Waals surface area contributed by atoms with Gasteiger partial charge in [-0.15, -0.1) is 0 Å². The number of carbonyl (C=O) groups excluding carboxylic acids is 1. The summed E-state index contributed by atoms with van der Waals surface area (Å²) in [4.78, 5) is 11.6. The normalized spacial score (nSPS) is 19.1. The first kappa shape index (κ1) is 8.95. The maximum atomic E-state index is 11.6. The lowest BCUT2D eigenvalue weighted by Crippen LogP contribution is -1.95. The van der Waals surface area contributed by atoms with E-state index in [1.807, 2.05) is 36.5 Å². The Hall–Kier alpha value is -1.63. The van der Waals surface area contributed by atoms with E-state index in [2.05, 4.69) is 6.08 Å². The molecule has 0 spiro atoms. The molecule has 0 saturated carbocycles. The van der Waals surface area contributed by atoms with Gasteiger partial charge >= 0.3 is 0 Å². The molecule has 0 fully saturated rings. The third kappa shape index (κ3) is 1.99. The number of rotatable bonds is 3. The Kier molecular flexibility index (Phi) is 2.59. The van der Waals surface area contributed by atoms with Gasteiger partial charge in [0.1, 0.15) is 0 Å². The van der Waals surface area contributed by atoms with Gasteiger partial charge in [-0.05, 0) is 24.5 Å². The van der Waals surface area contributed by atoms with Crippen LogP contribution in [0.1, 0.15) is 12.8 Å². The summed E-state index contributed by atoms with van der Waals surface area (Å²) in [6.45, 7) is 0. The van der Waals surface area contributed by atoms with Gasteiger partial charge in [-0.3, -0.25) is 4.79 Å². The van der Waals surface area contributed by atoms with E-state index in [9.17, 15) is 4.79 Å². The summed E-state index contributed by atoms with van der Waals surface area (Å²) >= 11 is 0. The fourth-order valence-corrected chi connectivity index (χ4v) is 1.51. The Morgan fingerprint density at radius 2 is 1.93 bits per heavy atom. The third-order valence-electron chi connectivity index (χ3n) is 2.34. The molecule has 1 nitrogen and oxygen atoms in total. The van der Waals surface area contributed by atoms with Crippen LogP contribution in [0.4, 0.5) is 0 Å². The van der Waals surface area contributed by atoms with Crippen molar-refractivity contribution in [1.82, 2.24) is 0 Å². The highest BCUT2D eigenvalue weighted by Crippen LogP contribution is 2.14. The SMILES string of the molecule is O=C(/C=C/C1=CC=CC1)C1=CC=CC1. The molecule has 0 unspecified atom stereocenters. The van der Waals surface area contributed by atoms with Crippen LogP contribution in [-0.4, -0.2) is 5.78 Å². The molecule has 2 rings (SSSR count). The van der Waals surface area contributed by atoms with Crippen LogP contribution < -0.4 is 0 Å². The highest BCUT2D eigenvalue weighted by Gasteiger charge is 2.06. The molecule has 2 aliphatic carbocycles. The minimum Gasteiger partial charge on any atom is -0.290 e. The molecule has 70 valence electrons. The fourth-order valence-electron chi connectivity index (χ4n) is 1.51. The predicted molar refractivity (Wildman–Crippen MR) is 57.8 cm³/mol. The van der Waals surface area contributed by atoms with Crippen molar-refractivity contribution >= 4 is 5.78 Å². The molecule has 0 heterocycles. The lowest BCUT2D eigenvalue weighted by atomic mass is 10.1. The van der Waals surface area contributed by atoms with Crippen molar-refractivity contribution in [2.24, 2.45) is 0 Å². The van der Waals surface area contributed by atoms with E-state index in [-0.39, 0.29) is 5.78 Å². The molecule has 1 heteroatoms. The van der Waals surface area contributed by atoms with E-state index in [0.29, 0.717) is 0 Å². The largest absolute Gasteiger partial charge is 0.290 e. The maximum absolute atomic E-state index is 11.6. The van der Waals surface area contributed by atoms with Crippen LogP contribution in [0, 0.1) is 0 Å². The Labute approximate surface area is 83.8 Å². The monoisotopic (exact) mass is 184 g/mol. The number of hydrogen-bond donors (Lipinski definition) is 0. The molecular weight excluding hydrogens is 172 g/mol. The fraction of sp³-hybridized carbons (Fsp3) is 0.154. The zero-order valence-electron chi connectivity index (χ0n) is 7.94. The topological polar surface area (TPSA) is 17.1 Å². The van der Waals surface area contributed by atoms with Gasteiger partial charge in [0.2, 0.25) is 0 Å². The summed E-state index contributed by atoms with van der Waals surface area (Å²) in [6.07, 6.45) is 17.2. The Balaban J connectivity index is 1.94. The van der Waals surface area contributed by atoms with Crippen LogP contribution in [0.2, 0.25) is 0 Å². The molecule has 0 N–H and O–H groups in total. The van der Waals surface area contributed by atoms with Crippen molar-refractivity contribution in [3.8, 4) is 0 Å². The molecule has 0 saturated heterocycles. The van der Waals surface area contributed by atoms with Crippen LogP contribution in [0.5, 0.6) is 0 Å². The zero-order valence-corrected chi connectivity index (χ0v) is 7.94. The van der Waals surface area contributed by atoms with Gasteiger partial charge in [0, 0.05) is 5.57 Å². The summed E-state index contributed by atoms with van der Waals surface area (Å²) in [5.74, 6) is 0.128. The molecule has 0 amide bonds. The Morgan fingerprint density at radius 1 is 1.14 bits per heavy atom. The number of carbonyl (C=O) groups is 1. The standard InChI is InChI=1S/C13H12O/c14-13(12-7-3-4-8-12)10-9-11-5-1-2-6-11/h1-5,7,9-10H,6,8H2/b10-9+. The number of hydrogen-bond acceptors (Lipinski definition) is 1. The van der Waals surface area contributed by atoms with Crippen molar-refractivity contribution in [3.05, 3.63) is 59.8 Å². The summed E-state index contributed by atoms with van der Waals surface area (Å²) in [5, 5.41) is 0. The van der Waals surface area contributed by atoms with Gasteiger partial charge in [-0.2, -0.15) is 0 Å². The zero-order chi connectivity index (χ0) is 9.80. The number of allylic oxidation sites excluding steroid dienone is 10. The summed E-state index contributed by atoms with van der Waals surface area (Å²) in [5.41, 5.74) is 2.08. The molecule has 0 bridgehead atoms. The first-order chi connectivity index (χ1) is 6.86. The van der Waals surface area contributed by atoms with E-state index in [1.165, 1.54) is 5.57 Å². The van der Waals surface area contributed by atoms with Crippen LogP contribution in [0.15, 0.2) is 59.8 Å². The summed E-state index contributed by atoms with van der Waals surface area (Å²) in [7, 11) is 0. The second-order valence-electron chi connectivity index (χ2n) is 3.40. The molecule has 2 aliphatic rings. The average molecular weight is 184 g/mol. The van der Waals surface area contributed by atoms with Crippen LogP contribution in [0.3, 0.4) is 0 Å². The van der Waals surface area contributed by atoms with Crippen LogP contribution in [0.25, 0.3) is 0 Å². The van der Waals surface area contributed by atoms with Gasteiger partial charge in [-0.25, -0.2) is 0 Å². The van der Waals surface area contributed by atoms with Crippen molar-refractivity contribution < 1.29 is 4.79 Å². The quantitative estimate of drug-likeness (QED) is 0.616. The smallest absolute Gasteiger partial charge is 0.182 e. The Morgan fingerprint density at radius 3 is 2.57 bits per heavy atom. The van der Waals surface area contributed by atoms with E-state index in [4.69, 9.17) is 0 Å². The molecule has 0 radical (unpaired) electrons. The molecule has 0 aliphatic heterocycles. The molecule has 0 aromatic heterocycles. The summed E-state index contributed by atoms with van der Waals surface area (Å²) in [6, 6.07) is 0. The van der Waals surface area contributed by atoms with Crippen LogP contribution in [-0.2, 0) is 4.79 Å². The van der Waals surface area contributed by atoms with Crippen molar-refractivity contribution in [2.45, 2.75) is 12.8 Å². The van der Waals surface area contributed by atoms with E-state index in [1.54, 1.807) is 6.08 Å². The second-order valence-corrected chi connectivity index (χ2v) is 3.40. The van der Waals surface area contributed by atoms with Crippen molar-refractivity contribution in [2.75, 3.05) is 0 Å². The van der Waals surface area contributed by atoms with Gasteiger partial charge in [0.25, 0.3) is 0 Å². The molecule has 0 atom stereocenters. The first-order valence-corrected chi connectivity index (χ1v) is 4.80. The van der Waals surface area contributed by atoms with Gasteiger partial charge in [0.15, 0.2) is 5.78 Å². The van der Waals surface area contributed by atoms with Gasteiger partial charge in [-0.1, -0.05) is 42.5 Å². The van der Waals surface area contributed by atoms with E-state index >= 15 is 0 Å². The lowest BCUT2D eigenvalue weighted by molar-refractivity contribution is -0.111. The number of ketones is 1. The first-order valence-electron chi connectivity index (χ1n) is 4.80. The van der Waals surface area contributed by atoms with Gasteiger partial charge in [0.05, 0.1) is 0 Å². The Bertz CT molecular complexity index is 389. The molecular formula is C13H12O. The molecule has 14 heavy (non-hydrogen) atoms. The van der Waals surface area contributed by atoms with E-state index in [0.717, 1.165) is 18.4 Å². The maximum Gasteiger partial charge on any atom is 0.182 e. The average Bonchev–Trinajstić information content (AvgIpc) is 2.87. The summed E-state index contributed by atoms with van der Waals surface area (Å²) < 4.78 is 0. The predicted octanol–water partition coefficient (Wildman–Crippen LogP) is 2.88. The molecule has 0 aromatic rings. The van der Waals surface area contributed by atoms with Crippen molar-refractivity contribution in [3.63, 3.8) is 0 Å². The van der Waals surface area contributed by atoms with E-state index < -0.39 is 0 Å². The van der Waals surface area contributed by atoms with Gasteiger partial charge < -0.3 is 0 Å². The highest BCUT2D eigenvalue weighted by molar-refractivity contribution is 6.05. The minimum absolute atomic E-state index is 0.128.